The lowest BCUT2D eigenvalue weighted by Crippen LogP contribution is -2.47. The maximum absolute atomic E-state index is 13.9. The van der Waals surface area contributed by atoms with E-state index in [4.69, 9.17) is 9.47 Å². The van der Waals surface area contributed by atoms with Crippen LogP contribution in [0.2, 0.25) is 0 Å². The molecule has 188 valence electrons. The molecule has 0 N–H and O–H groups in total. The van der Waals surface area contributed by atoms with Gasteiger partial charge in [-0.2, -0.15) is 0 Å². The van der Waals surface area contributed by atoms with Gasteiger partial charge in [-0.3, -0.25) is 24.1 Å². The van der Waals surface area contributed by atoms with Gasteiger partial charge in [-0.25, -0.2) is 0 Å². The van der Waals surface area contributed by atoms with E-state index in [2.05, 4.69) is 0 Å². The lowest BCUT2D eigenvalue weighted by atomic mass is 9.75. The smallest absolute Gasteiger partial charge is 0.241 e. The Bertz CT molecular complexity index is 1200. The molecule has 3 aliphatic rings. The van der Waals surface area contributed by atoms with Crippen molar-refractivity contribution in [2.75, 3.05) is 19.9 Å². The number of hydrogen-bond acceptors (Lipinski definition) is 6. The molecule has 2 atom stereocenters. The van der Waals surface area contributed by atoms with Crippen molar-refractivity contribution in [2.24, 2.45) is 5.92 Å². The summed E-state index contributed by atoms with van der Waals surface area (Å²) < 4.78 is 10.8. The fourth-order valence-electron chi connectivity index (χ4n) is 5.53. The highest BCUT2D eigenvalue weighted by Gasteiger charge is 2.54. The summed E-state index contributed by atoms with van der Waals surface area (Å²) in [6, 6.07) is 14.4. The molecule has 0 radical (unpaired) electrons. The Morgan fingerprint density at radius 2 is 1.83 bits per heavy atom. The molecule has 2 fully saturated rings. The molecule has 8 heteroatoms. The van der Waals surface area contributed by atoms with Crippen LogP contribution in [0.3, 0.4) is 0 Å². The molecule has 0 aromatic heterocycles. The number of rotatable bonds is 7. The Kier molecular flexibility index (Phi) is 6.51. The maximum atomic E-state index is 13.9. The van der Waals surface area contributed by atoms with Crippen molar-refractivity contribution < 1.29 is 28.7 Å². The molecule has 8 nitrogen and oxygen atoms in total. The first-order chi connectivity index (χ1) is 17.4. The zero-order valence-corrected chi connectivity index (χ0v) is 20.4. The Labute approximate surface area is 210 Å². The number of imide groups is 1. The molecule has 3 aliphatic heterocycles. The van der Waals surface area contributed by atoms with E-state index >= 15 is 0 Å². The van der Waals surface area contributed by atoms with Crippen LogP contribution >= 0.6 is 0 Å². The molecule has 5 rings (SSSR count). The molecule has 3 amide bonds. The summed E-state index contributed by atoms with van der Waals surface area (Å²) in [5, 5.41) is 0. The minimum Gasteiger partial charge on any atom is -0.454 e. The molecular formula is C28H30N2O6. The second-order valence-electron chi connectivity index (χ2n) is 9.77. The van der Waals surface area contributed by atoms with Crippen LogP contribution in [0.5, 0.6) is 11.5 Å². The number of amides is 3. The number of Topliss-reactive ketones (excluding diaryl/α,β-unsaturated/α-hetero) is 1. The largest absolute Gasteiger partial charge is 0.454 e. The maximum Gasteiger partial charge on any atom is 0.241 e. The van der Waals surface area contributed by atoms with E-state index in [0.29, 0.717) is 36.6 Å². The fourth-order valence-corrected chi connectivity index (χ4v) is 5.53. The highest BCUT2D eigenvalue weighted by Crippen LogP contribution is 2.42. The molecule has 0 bridgehead atoms. The van der Waals surface area contributed by atoms with Crippen molar-refractivity contribution in [1.29, 1.82) is 0 Å². The first-order valence-corrected chi connectivity index (χ1v) is 12.5. The predicted octanol–water partition coefficient (Wildman–Crippen LogP) is 3.22. The summed E-state index contributed by atoms with van der Waals surface area (Å²) in [5.41, 5.74) is 0.129. The average molecular weight is 491 g/mol. The van der Waals surface area contributed by atoms with Crippen molar-refractivity contribution in [3.63, 3.8) is 0 Å². The Morgan fingerprint density at radius 3 is 2.61 bits per heavy atom. The number of carbonyl (C=O) groups is 4. The van der Waals surface area contributed by atoms with E-state index < -0.39 is 5.41 Å². The van der Waals surface area contributed by atoms with E-state index in [0.717, 1.165) is 18.4 Å². The van der Waals surface area contributed by atoms with Crippen LogP contribution in [-0.4, -0.2) is 53.2 Å². The third-order valence-corrected chi connectivity index (χ3v) is 7.54. The van der Waals surface area contributed by atoms with Gasteiger partial charge in [-0.15, -0.1) is 0 Å². The fraction of sp³-hybridized carbons (Fsp3) is 0.429. The van der Waals surface area contributed by atoms with Gasteiger partial charge in [-0.1, -0.05) is 43.3 Å². The number of fused-ring (bicyclic) bond motifs is 1. The number of nitrogens with zero attached hydrogens (tertiary/aromatic N) is 2. The van der Waals surface area contributed by atoms with Crippen molar-refractivity contribution in [2.45, 2.75) is 51.0 Å². The average Bonchev–Trinajstić information content (AvgIpc) is 3.47. The number of hydrogen-bond donors (Lipinski definition) is 0. The molecule has 2 aromatic rings. The van der Waals surface area contributed by atoms with Crippen LogP contribution in [0, 0.1) is 5.92 Å². The lowest BCUT2D eigenvalue weighted by Gasteiger charge is -2.35. The lowest BCUT2D eigenvalue weighted by molar-refractivity contribution is -0.144. The quantitative estimate of drug-likeness (QED) is 0.554. The number of ether oxygens (including phenoxy) is 2. The zero-order chi connectivity index (χ0) is 25.3. The van der Waals surface area contributed by atoms with Crippen LogP contribution in [0.15, 0.2) is 48.5 Å². The van der Waals surface area contributed by atoms with Crippen molar-refractivity contribution in [1.82, 2.24) is 9.80 Å². The van der Waals surface area contributed by atoms with Gasteiger partial charge in [0.1, 0.15) is 5.78 Å². The highest BCUT2D eigenvalue weighted by atomic mass is 16.7. The standard InChI is InChI=1S/C28H30N2O6/c1-2-22(31)20-7-6-12-29(17-20)25(32)14-28(21-8-4-3-5-9-21)15-26(33)30(27(28)34)16-19-10-11-23-24(13-19)36-18-35-23/h3-5,8-11,13,20H,2,6-7,12,14-18H2,1H3. The summed E-state index contributed by atoms with van der Waals surface area (Å²) in [7, 11) is 0. The first-order valence-electron chi connectivity index (χ1n) is 12.5. The summed E-state index contributed by atoms with van der Waals surface area (Å²) in [6.45, 7) is 3.00. The van der Waals surface area contributed by atoms with E-state index in [1.54, 1.807) is 23.1 Å². The van der Waals surface area contributed by atoms with Crippen LogP contribution in [0.4, 0.5) is 0 Å². The molecule has 2 saturated heterocycles. The van der Waals surface area contributed by atoms with Crippen molar-refractivity contribution in [3.05, 3.63) is 59.7 Å². The Hall–Kier alpha value is -3.68. The minimum atomic E-state index is -1.27. The van der Waals surface area contributed by atoms with E-state index in [1.807, 2.05) is 37.3 Å². The molecule has 0 saturated carbocycles. The van der Waals surface area contributed by atoms with Gasteiger partial charge in [0.25, 0.3) is 0 Å². The number of carbonyl (C=O) groups excluding carboxylic acids is 4. The van der Waals surface area contributed by atoms with Crippen LogP contribution in [0.1, 0.15) is 50.2 Å². The summed E-state index contributed by atoms with van der Waals surface area (Å²) in [6.07, 6.45) is 1.80. The van der Waals surface area contributed by atoms with Crippen LogP contribution < -0.4 is 9.47 Å². The van der Waals surface area contributed by atoms with Gasteiger partial charge >= 0.3 is 0 Å². The third-order valence-electron chi connectivity index (χ3n) is 7.54. The number of benzene rings is 2. The second-order valence-corrected chi connectivity index (χ2v) is 9.77. The zero-order valence-electron chi connectivity index (χ0n) is 20.4. The molecule has 36 heavy (non-hydrogen) atoms. The van der Waals surface area contributed by atoms with Gasteiger partial charge in [0, 0.05) is 38.3 Å². The Balaban J connectivity index is 1.40. The number of piperidine rings is 1. The van der Waals surface area contributed by atoms with Crippen molar-refractivity contribution in [3.8, 4) is 11.5 Å². The monoisotopic (exact) mass is 490 g/mol. The Morgan fingerprint density at radius 1 is 1.06 bits per heavy atom. The SMILES string of the molecule is CCC(=O)C1CCCN(C(=O)CC2(c3ccccc3)CC(=O)N(Cc3ccc4c(c3)OCO4)C2=O)C1. The highest BCUT2D eigenvalue weighted by molar-refractivity contribution is 6.10. The first kappa shape index (κ1) is 24.0. The summed E-state index contributed by atoms with van der Waals surface area (Å²) >= 11 is 0. The van der Waals surface area contributed by atoms with Crippen LogP contribution in [-0.2, 0) is 31.1 Å². The van der Waals surface area contributed by atoms with Gasteiger partial charge in [0.15, 0.2) is 11.5 Å². The van der Waals surface area contributed by atoms with E-state index in [9.17, 15) is 19.2 Å². The molecule has 0 aliphatic carbocycles. The van der Waals surface area contributed by atoms with E-state index in [-0.39, 0.29) is 55.6 Å². The molecule has 2 unspecified atom stereocenters. The molecular weight excluding hydrogens is 460 g/mol. The number of ketones is 1. The van der Waals surface area contributed by atoms with Gasteiger partial charge in [0.05, 0.1) is 12.0 Å². The van der Waals surface area contributed by atoms with E-state index in [1.165, 1.54) is 4.90 Å². The molecule has 2 aromatic carbocycles. The third kappa shape index (κ3) is 4.36. The normalized spacial score (nSPS) is 23.3. The van der Waals surface area contributed by atoms with Crippen molar-refractivity contribution >= 4 is 23.5 Å². The number of likely N-dealkylation sites (tertiary alicyclic amines) is 2. The van der Waals surface area contributed by atoms with Crippen LogP contribution in [0.25, 0.3) is 0 Å². The van der Waals surface area contributed by atoms with Gasteiger partial charge < -0.3 is 14.4 Å². The topological polar surface area (TPSA) is 93.2 Å². The van der Waals surface area contributed by atoms with Gasteiger partial charge in [-0.05, 0) is 36.1 Å². The molecule has 3 heterocycles. The summed E-state index contributed by atoms with van der Waals surface area (Å²) in [5.74, 6) is 0.324. The second kappa shape index (κ2) is 9.76. The van der Waals surface area contributed by atoms with Gasteiger partial charge in [0.2, 0.25) is 24.5 Å². The molecule has 0 spiro atoms. The predicted molar refractivity (Wildman–Crippen MR) is 130 cm³/mol. The summed E-state index contributed by atoms with van der Waals surface area (Å²) in [4.78, 5) is 55.9. The minimum absolute atomic E-state index is 0.0721.